The van der Waals surface area contributed by atoms with Gasteiger partial charge in [-0.05, 0) is 13.8 Å². The molecular formula is C8H13BO2. The van der Waals surface area contributed by atoms with Crippen molar-refractivity contribution in [1.82, 2.24) is 0 Å². The molecule has 0 saturated heterocycles. The molecule has 0 spiro atoms. The molecule has 1 rings (SSSR count). The van der Waals surface area contributed by atoms with E-state index in [4.69, 9.17) is 10.0 Å². The third-order valence-corrected chi connectivity index (χ3v) is 1.22. The van der Waals surface area contributed by atoms with Gasteiger partial charge in [0.05, 0.1) is 0 Å². The van der Waals surface area contributed by atoms with Crippen LogP contribution >= 0.6 is 0 Å². The van der Waals surface area contributed by atoms with Gasteiger partial charge < -0.3 is 10.0 Å². The summed E-state index contributed by atoms with van der Waals surface area (Å²) in [6.07, 6.45) is 0. The van der Waals surface area contributed by atoms with E-state index in [9.17, 15) is 0 Å². The minimum atomic E-state index is -0.750. The molecule has 0 amide bonds. The second-order valence-electron chi connectivity index (χ2n) is 2.30. The Bertz CT molecular complexity index is 163. The third kappa shape index (κ3) is 5.64. The molecule has 0 heterocycles. The van der Waals surface area contributed by atoms with Crippen molar-refractivity contribution in [2.45, 2.75) is 13.8 Å². The molecule has 0 aliphatic carbocycles. The summed E-state index contributed by atoms with van der Waals surface area (Å²) < 4.78 is 0. The molecule has 0 bridgehead atoms. The first-order chi connectivity index (χ1) is 5.20. The van der Waals surface area contributed by atoms with E-state index < -0.39 is 7.69 Å². The Morgan fingerprint density at radius 2 is 1.09 bits per heavy atom. The summed E-state index contributed by atoms with van der Waals surface area (Å²) >= 11 is 0. The highest BCUT2D eigenvalue weighted by molar-refractivity contribution is 6.13. The van der Waals surface area contributed by atoms with E-state index in [1.54, 1.807) is 0 Å². The fraction of sp³-hybridized carbons (Fsp3) is 0.250. The van der Waals surface area contributed by atoms with Crippen molar-refractivity contribution in [3.63, 3.8) is 0 Å². The highest BCUT2D eigenvalue weighted by Gasteiger charge is 1.79. The predicted molar refractivity (Wildman–Crippen MR) is 47.5 cm³/mol. The van der Waals surface area contributed by atoms with Crippen LogP contribution in [0, 0.1) is 13.8 Å². The fourth-order valence-corrected chi connectivity index (χ4v) is 0.637. The Labute approximate surface area is 67.8 Å². The average Bonchev–Trinajstić information content (AvgIpc) is 1.97. The van der Waals surface area contributed by atoms with E-state index in [0.717, 1.165) is 0 Å². The number of aryl methyl sites for hydroxylation is 2. The van der Waals surface area contributed by atoms with Gasteiger partial charge >= 0.3 is 7.69 Å². The van der Waals surface area contributed by atoms with Crippen molar-refractivity contribution < 1.29 is 10.0 Å². The highest BCUT2D eigenvalue weighted by Crippen LogP contribution is 1.99. The van der Waals surface area contributed by atoms with E-state index in [0.29, 0.717) is 0 Å². The summed E-state index contributed by atoms with van der Waals surface area (Å²) in [7, 11) is -0.750. The molecule has 2 nitrogen and oxygen atoms in total. The molecule has 0 atom stereocenters. The van der Waals surface area contributed by atoms with Gasteiger partial charge in [-0.25, -0.2) is 0 Å². The molecule has 0 radical (unpaired) electrons. The maximum Gasteiger partial charge on any atom is 0.432 e. The molecule has 1 aromatic rings. The fourth-order valence-electron chi connectivity index (χ4n) is 0.637. The Morgan fingerprint density at radius 1 is 0.909 bits per heavy atom. The zero-order valence-electron chi connectivity index (χ0n) is 6.91. The lowest BCUT2D eigenvalue weighted by Crippen LogP contribution is -1.75. The molecule has 0 unspecified atom stereocenters. The van der Waals surface area contributed by atoms with Gasteiger partial charge in [-0.15, -0.1) is 0 Å². The van der Waals surface area contributed by atoms with Gasteiger partial charge in [0.1, 0.15) is 0 Å². The molecule has 60 valence electrons. The Kier molecular flexibility index (Phi) is 5.52. The minimum Gasteiger partial charge on any atom is -0.430 e. The summed E-state index contributed by atoms with van der Waals surface area (Å²) in [5.74, 6) is 0. The van der Waals surface area contributed by atoms with E-state index in [-0.39, 0.29) is 0 Å². The van der Waals surface area contributed by atoms with Gasteiger partial charge in [0.15, 0.2) is 0 Å². The van der Waals surface area contributed by atoms with Gasteiger partial charge in [0.2, 0.25) is 0 Å². The molecule has 0 aliphatic heterocycles. The van der Waals surface area contributed by atoms with Crippen LogP contribution in [0.1, 0.15) is 11.1 Å². The maximum absolute atomic E-state index is 7.12. The standard InChI is InChI=1S/C8H10.BH3O2/c1-7-3-5-8(2)6-4-7;2-1-3/h3-6H,1-2H3;1-3H. The second kappa shape index (κ2) is 5.95. The topological polar surface area (TPSA) is 40.5 Å². The Hall–Kier alpha value is -0.795. The highest BCUT2D eigenvalue weighted by atomic mass is 16.4. The van der Waals surface area contributed by atoms with Gasteiger partial charge in [-0.3, -0.25) is 0 Å². The van der Waals surface area contributed by atoms with E-state index in [2.05, 4.69) is 38.1 Å². The molecule has 1 aromatic carbocycles. The Balaban J connectivity index is 0.000000292. The van der Waals surface area contributed by atoms with Gasteiger partial charge in [0, 0.05) is 0 Å². The summed E-state index contributed by atoms with van der Waals surface area (Å²) in [5.41, 5.74) is 2.66. The van der Waals surface area contributed by atoms with Crippen molar-refractivity contribution >= 4 is 7.69 Å². The predicted octanol–water partition coefficient (Wildman–Crippen LogP) is 0.541. The Morgan fingerprint density at radius 3 is 1.27 bits per heavy atom. The lowest BCUT2D eigenvalue weighted by molar-refractivity contribution is 0.448. The first-order valence-corrected chi connectivity index (χ1v) is 3.45. The molecule has 3 heteroatoms. The van der Waals surface area contributed by atoms with Crippen LogP contribution in [0.15, 0.2) is 24.3 Å². The largest absolute Gasteiger partial charge is 0.432 e. The number of hydrogen-bond donors (Lipinski definition) is 2. The van der Waals surface area contributed by atoms with E-state index in [1.807, 2.05) is 0 Å². The smallest absolute Gasteiger partial charge is 0.430 e. The summed E-state index contributed by atoms with van der Waals surface area (Å²) in [6.45, 7) is 4.19. The van der Waals surface area contributed by atoms with Crippen LogP contribution in [0.2, 0.25) is 0 Å². The van der Waals surface area contributed by atoms with Crippen LogP contribution in [0.3, 0.4) is 0 Å². The van der Waals surface area contributed by atoms with Gasteiger partial charge in [-0.1, -0.05) is 35.4 Å². The number of rotatable bonds is 0. The lowest BCUT2D eigenvalue weighted by Gasteiger charge is -1.90. The molecule has 11 heavy (non-hydrogen) atoms. The molecule has 0 saturated carbocycles. The lowest BCUT2D eigenvalue weighted by atomic mass is 10.2. The zero-order valence-corrected chi connectivity index (χ0v) is 6.91. The van der Waals surface area contributed by atoms with Gasteiger partial charge in [-0.2, -0.15) is 0 Å². The van der Waals surface area contributed by atoms with Crippen LogP contribution in [0.5, 0.6) is 0 Å². The SMILES string of the molecule is Cc1ccc(C)cc1.OBO. The van der Waals surface area contributed by atoms with E-state index >= 15 is 0 Å². The van der Waals surface area contributed by atoms with Crippen molar-refractivity contribution in [2.75, 3.05) is 0 Å². The average molecular weight is 152 g/mol. The first-order valence-electron chi connectivity index (χ1n) is 3.45. The number of benzene rings is 1. The van der Waals surface area contributed by atoms with Crippen LogP contribution in [-0.2, 0) is 0 Å². The first kappa shape index (κ1) is 10.2. The van der Waals surface area contributed by atoms with E-state index in [1.165, 1.54) is 11.1 Å². The van der Waals surface area contributed by atoms with Crippen molar-refractivity contribution in [3.8, 4) is 0 Å². The van der Waals surface area contributed by atoms with Crippen LogP contribution in [0.4, 0.5) is 0 Å². The maximum atomic E-state index is 7.12. The van der Waals surface area contributed by atoms with Crippen LogP contribution in [0.25, 0.3) is 0 Å². The quantitative estimate of drug-likeness (QED) is 0.532. The molecule has 0 aliphatic rings. The number of hydrogen-bond acceptors (Lipinski definition) is 2. The van der Waals surface area contributed by atoms with Crippen molar-refractivity contribution in [1.29, 1.82) is 0 Å². The van der Waals surface area contributed by atoms with Gasteiger partial charge in [0.25, 0.3) is 0 Å². The summed E-state index contributed by atoms with van der Waals surface area (Å²) in [6, 6.07) is 8.48. The van der Waals surface area contributed by atoms with Crippen molar-refractivity contribution in [3.05, 3.63) is 35.4 Å². The normalized spacial score (nSPS) is 8.00. The molecule has 0 aromatic heterocycles. The monoisotopic (exact) mass is 152 g/mol. The third-order valence-electron chi connectivity index (χ3n) is 1.22. The summed E-state index contributed by atoms with van der Waals surface area (Å²) in [5, 5.41) is 14.2. The summed E-state index contributed by atoms with van der Waals surface area (Å²) in [4.78, 5) is 0. The minimum absolute atomic E-state index is 0.750. The molecular weight excluding hydrogens is 139 g/mol. The molecule has 2 N–H and O–H groups in total. The second-order valence-corrected chi connectivity index (χ2v) is 2.30. The van der Waals surface area contributed by atoms with Crippen molar-refractivity contribution in [2.24, 2.45) is 0 Å². The van der Waals surface area contributed by atoms with Crippen LogP contribution in [-0.4, -0.2) is 17.7 Å². The zero-order chi connectivity index (χ0) is 8.69. The van der Waals surface area contributed by atoms with Crippen LogP contribution < -0.4 is 0 Å². The molecule has 0 fully saturated rings.